The van der Waals surface area contributed by atoms with Crippen molar-refractivity contribution in [3.8, 4) is 5.75 Å². The lowest BCUT2D eigenvalue weighted by Gasteiger charge is -2.08. The second kappa shape index (κ2) is 9.36. The summed E-state index contributed by atoms with van der Waals surface area (Å²) in [5, 5.41) is 0. The van der Waals surface area contributed by atoms with Crippen molar-refractivity contribution in [3.05, 3.63) is 65.2 Å². The molecule has 0 radical (unpaired) electrons. The zero-order valence-electron chi connectivity index (χ0n) is 14.6. The van der Waals surface area contributed by atoms with Crippen molar-refractivity contribution >= 4 is 17.7 Å². The molecule has 6 heteroatoms. The van der Waals surface area contributed by atoms with E-state index in [1.165, 1.54) is 0 Å². The predicted octanol–water partition coefficient (Wildman–Crippen LogP) is 2.57. The van der Waals surface area contributed by atoms with E-state index in [1.807, 2.05) is 19.1 Å². The minimum absolute atomic E-state index is 0.0184. The predicted molar refractivity (Wildman–Crippen MR) is 95.7 cm³/mol. The average Bonchev–Trinajstić information content (AvgIpc) is 2.63. The molecule has 6 nitrogen and oxygen atoms in total. The molecule has 2 aromatic rings. The molecule has 0 saturated carbocycles. The number of aryl methyl sites for hydroxylation is 1. The van der Waals surface area contributed by atoms with Crippen molar-refractivity contribution in [2.24, 2.45) is 5.73 Å². The summed E-state index contributed by atoms with van der Waals surface area (Å²) in [6.07, 6.45) is 0.119. The summed E-state index contributed by atoms with van der Waals surface area (Å²) < 4.78 is 10.4. The maximum absolute atomic E-state index is 12.0. The number of amides is 1. The van der Waals surface area contributed by atoms with E-state index >= 15 is 0 Å². The second-order valence-electron chi connectivity index (χ2n) is 5.85. The molecule has 136 valence electrons. The van der Waals surface area contributed by atoms with E-state index in [9.17, 15) is 14.4 Å². The van der Waals surface area contributed by atoms with Crippen LogP contribution in [0.15, 0.2) is 48.5 Å². The van der Waals surface area contributed by atoms with Gasteiger partial charge in [0.1, 0.15) is 12.4 Å². The zero-order chi connectivity index (χ0) is 18.9. The van der Waals surface area contributed by atoms with Crippen LogP contribution in [0.3, 0.4) is 0 Å². The Balaban J connectivity index is 1.78. The van der Waals surface area contributed by atoms with Crippen LogP contribution in [0.5, 0.6) is 5.75 Å². The number of carbonyl (C=O) groups excluding carboxylic acids is 3. The van der Waals surface area contributed by atoms with Gasteiger partial charge in [0.15, 0.2) is 12.4 Å². The summed E-state index contributed by atoms with van der Waals surface area (Å²) >= 11 is 0. The Kier molecular flexibility index (Phi) is 6.91. The lowest BCUT2D eigenvalue weighted by Crippen LogP contribution is -2.20. The van der Waals surface area contributed by atoms with Gasteiger partial charge >= 0.3 is 5.97 Å². The highest BCUT2D eigenvalue weighted by Gasteiger charge is 2.10. The maximum atomic E-state index is 12.0. The third-order valence-electron chi connectivity index (χ3n) is 3.61. The summed E-state index contributed by atoms with van der Waals surface area (Å²) in [4.78, 5) is 34.6. The normalized spacial score (nSPS) is 10.2. The van der Waals surface area contributed by atoms with Crippen LogP contribution in [0, 0.1) is 6.92 Å². The first-order valence-electron chi connectivity index (χ1n) is 8.19. The van der Waals surface area contributed by atoms with Crippen molar-refractivity contribution in [3.63, 3.8) is 0 Å². The largest absolute Gasteiger partial charge is 0.484 e. The van der Waals surface area contributed by atoms with Gasteiger partial charge in [-0.1, -0.05) is 42.0 Å². The molecule has 26 heavy (non-hydrogen) atoms. The van der Waals surface area contributed by atoms with E-state index in [1.54, 1.807) is 36.4 Å². The molecule has 0 aromatic heterocycles. The van der Waals surface area contributed by atoms with Crippen LogP contribution in [0.25, 0.3) is 0 Å². The highest BCUT2D eigenvalue weighted by molar-refractivity contribution is 5.97. The number of benzene rings is 2. The van der Waals surface area contributed by atoms with Crippen molar-refractivity contribution in [2.45, 2.75) is 26.4 Å². The molecule has 2 aromatic carbocycles. The molecule has 0 heterocycles. The van der Waals surface area contributed by atoms with Gasteiger partial charge < -0.3 is 15.2 Å². The minimum atomic E-state index is -0.569. The summed E-state index contributed by atoms with van der Waals surface area (Å²) in [6, 6.07) is 14.0. The number of ether oxygens (including phenoxy) is 2. The fraction of sp³-hybridized carbons (Fsp3) is 0.250. The molecule has 0 aliphatic heterocycles. The first kappa shape index (κ1) is 19.2. The molecule has 2 rings (SSSR count). The van der Waals surface area contributed by atoms with Gasteiger partial charge in [-0.3, -0.25) is 14.4 Å². The van der Waals surface area contributed by atoms with E-state index < -0.39 is 11.9 Å². The first-order chi connectivity index (χ1) is 12.4. The summed E-state index contributed by atoms with van der Waals surface area (Å²) in [7, 11) is 0. The molecule has 1 amide bonds. The first-order valence-corrected chi connectivity index (χ1v) is 8.19. The summed E-state index contributed by atoms with van der Waals surface area (Å²) in [5.41, 5.74) is 7.39. The standard InChI is InChI=1S/C20H21NO5/c1-14-5-7-16(8-6-14)18(22)9-10-20(24)26-12-15-3-2-4-17(11-15)25-13-19(21)23/h2-8,11H,9-10,12-13H2,1H3,(H2,21,23). The lowest BCUT2D eigenvalue weighted by molar-refractivity contribution is -0.144. The SMILES string of the molecule is Cc1ccc(C(=O)CCC(=O)OCc2cccc(OCC(N)=O)c2)cc1. The molecule has 0 saturated heterocycles. The van der Waals surface area contributed by atoms with Gasteiger partial charge in [0.25, 0.3) is 5.91 Å². The van der Waals surface area contributed by atoms with Crippen LogP contribution in [-0.2, 0) is 20.9 Å². The molecular weight excluding hydrogens is 334 g/mol. The third kappa shape index (κ3) is 6.39. The zero-order valence-corrected chi connectivity index (χ0v) is 14.6. The number of Topliss-reactive ketones (excluding diaryl/α,β-unsaturated/α-hetero) is 1. The molecule has 0 aliphatic rings. The van der Waals surface area contributed by atoms with E-state index in [4.69, 9.17) is 15.2 Å². The van der Waals surface area contributed by atoms with E-state index in [-0.39, 0.29) is 31.8 Å². The van der Waals surface area contributed by atoms with Gasteiger partial charge in [0, 0.05) is 12.0 Å². The van der Waals surface area contributed by atoms with Gasteiger partial charge in [0.05, 0.1) is 6.42 Å². The lowest BCUT2D eigenvalue weighted by atomic mass is 10.1. The van der Waals surface area contributed by atoms with Crippen LogP contribution < -0.4 is 10.5 Å². The number of nitrogens with two attached hydrogens (primary N) is 1. The fourth-order valence-corrected chi connectivity index (χ4v) is 2.21. The van der Waals surface area contributed by atoms with Gasteiger partial charge in [-0.25, -0.2) is 0 Å². The van der Waals surface area contributed by atoms with Crippen molar-refractivity contribution in [1.29, 1.82) is 0 Å². The van der Waals surface area contributed by atoms with Gasteiger partial charge in [0.2, 0.25) is 0 Å². The van der Waals surface area contributed by atoms with E-state index in [0.717, 1.165) is 5.56 Å². The smallest absolute Gasteiger partial charge is 0.306 e. The average molecular weight is 355 g/mol. The molecule has 0 bridgehead atoms. The topological polar surface area (TPSA) is 95.7 Å². The second-order valence-corrected chi connectivity index (χ2v) is 5.85. The molecular formula is C20H21NO5. The number of hydrogen-bond acceptors (Lipinski definition) is 5. The van der Waals surface area contributed by atoms with Crippen molar-refractivity contribution < 1.29 is 23.9 Å². The summed E-state index contributed by atoms with van der Waals surface area (Å²) in [5.74, 6) is -0.648. The molecule has 0 aliphatic carbocycles. The van der Waals surface area contributed by atoms with Gasteiger partial charge in [-0.2, -0.15) is 0 Å². The summed E-state index contributed by atoms with van der Waals surface area (Å²) in [6.45, 7) is 1.79. The van der Waals surface area contributed by atoms with E-state index in [0.29, 0.717) is 16.9 Å². The number of hydrogen-bond donors (Lipinski definition) is 1. The molecule has 0 unspecified atom stereocenters. The number of rotatable bonds is 9. The highest BCUT2D eigenvalue weighted by atomic mass is 16.5. The van der Waals surface area contributed by atoms with Crippen LogP contribution in [-0.4, -0.2) is 24.3 Å². The highest BCUT2D eigenvalue weighted by Crippen LogP contribution is 2.15. The van der Waals surface area contributed by atoms with Crippen molar-refractivity contribution in [2.75, 3.05) is 6.61 Å². The Labute approximate surface area is 151 Å². The number of ketones is 1. The Morgan fingerprint density at radius 3 is 2.42 bits per heavy atom. The number of primary amides is 1. The fourth-order valence-electron chi connectivity index (χ4n) is 2.21. The number of carbonyl (C=O) groups is 3. The van der Waals surface area contributed by atoms with Crippen molar-refractivity contribution in [1.82, 2.24) is 0 Å². The van der Waals surface area contributed by atoms with E-state index in [2.05, 4.69) is 0 Å². The Bertz CT molecular complexity index is 783. The van der Waals surface area contributed by atoms with Crippen LogP contribution in [0.4, 0.5) is 0 Å². The minimum Gasteiger partial charge on any atom is -0.484 e. The van der Waals surface area contributed by atoms with Gasteiger partial charge in [-0.05, 0) is 24.6 Å². The quantitative estimate of drug-likeness (QED) is 0.551. The van der Waals surface area contributed by atoms with Gasteiger partial charge in [-0.15, -0.1) is 0 Å². The van der Waals surface area contributed by atoms with Crippen LogP contribution in [0.2, 0.25) is 0 Å². The monoisotopic (exact) mass is 355 g/mol. The van der Waals surface area contributed by atoms with Crippen LogP contribution >= 0.6 is 0 Å². The molecule has 0 spiro atoms. The molecule has 0 atom stereocenters. The van der Waals surface area contributed by atoms with Crippen LogP contribution in [0.1, 0.15) is 34.3 Å². The molecule has 0 fully saturated rings. The Morgan fingerprint density at radius 1 is 1.00 bits per heavy atom. The molecule has 2 N–H and O–H groups in total. The number of esters is 1. The Morgan fingerprint density at radius 2 is 1.73 bits per heavy atom. The Hall–Kier alpha value is -3.15. The third-order valence-corrected chi connectivity index (χ3v) is 3.61. The maximum Gasteiger partial charge on any atom is 0.306 e.